The molecule has 2 rings (SSSR count). The summed E-state index contributed by atoms with van der Waals surface area (Å²) in [7, 11) is 3.08. The number of anilines is 1. The standard InChI is InChI=1S/C17H18BrNO3/c1-4-11-5-7-12(8-6-11)19-17(20)14-9-13(21-2)10-15(18)16(14)22-3/h5-10H,4H2,1-3H3,(H,19,20). The van der Waals surface area contributed by atoms with Gasteiger partial charge >= 0.3 is 0 Å². The lowest BCUT2D eigenvalue weighted by molar-refractivity contribution is 0.102. The van der Waals surface area contributed by atoms with Crippen molar-refractivity contribution in [2.45, 2.75) is 13.3 Å². The van der Waals surface area contributed by atoms with Crippen molar-refractivity contribution in [2.75, 3.05) is 19.5 Å². The molecule has 0 radical (unpaired) electrons. The minimum Gasteiger partial charge on any atom is -0.497 e. The first kappa shape index (κ1) is 16.4. The molecule has 0 aromatic heterocycles. The summed E-state index contributed by atoms with van der Waals surface area (Å²) in [5, 5.41) is 2.87. The largest absolute Gasteiger partial charge is 0.497 e. The van der Waals surface area contributed by atoms with Gasteiger partial charge in [0, 0.05) is 5.69 Å². The second-order valence-electron chi connectivity index (χ2n) is 4.69. The van der Waals surface area contributed by atoms with E-state index in [4.69, 9.17) is 9.47 Å². The summed E-state index contributed by atoms with van der Waals surface area (Å²) < 4.78 is 11.2. The highest BCUT2D eigenvalue weighted by Crippen LogP contribution is 2.34. The second-order valence-corrected chi connectivity index (χ2v) is 5.55. The maximum absolute atomic E-state index is 12.5. The molecule has 0 aliphatic carbocycles. The Morgan fingerprint density at radius 3 is 2.36 bits per heavy atom. The molecule has 22 heavy (non-hydrogen) atoms. The van der Waals surface area contributed by atoms with Crippen LogP contribution >= 0.6 is 15.9 Å². The molecular weight excluding hydrogens is 346 g/mol. The quantitative estimate of drug-likeness (QED) is 0.862. The number of methoxy groups -OCH3 is 2. The van der Waals surface area contributed by atoms with E-state index >= 15 is 0 Å². The average Bonchev–Trinajstić information content (AvgIpc) is 2.54. The highest BCUT2D eigenvalue weighted by atomic mass is 79.9. The Kier molecular flexibility index (Phi) is 5.44. The van der Waals surface area contributed by atoms with Crippen molar-refractivity contribution in [1.82, 2.24) is 0 Å². The van der Waals surface area contributed by atoms with Gasteiger partial charge in [-0.15, -0.1) is 0 Å². The Morgan fingerprint density at radius 2 is 1.82 bits per heavy atom. The van der Waals surface area contributed by atoms with Crippen LogP contribution in [-0.4, -0.2) is 20.1 Å². The van der Waals surface area contributed by atoms with Crippen LogP contribution in [0, 0.1) is 0 Å². The monoisotopic (exact) mass is 363 g/mol. The van der Waals surface area contributed by atoms with E-state index in [9.17, 15) is 4.79 Å². The van der Waals surface area contributed by atoms with E-state index in [1.165, 1.54) is 12.7 Å². The van der Waals surface area contributed by atoms with Gasteiger partial charge < -0.3 is 14.8 Å². The highest BCUT2D eigenvalue weighted by molar-refractivity contribution is 9.10. The van der Waals surface area contributed by atoms with Gasteiger partial charge in [0.2, 0.25) is 0 Å². The van der Waals surface area contributed by atoms with Crippen molar-refractivity contribution in [3.63, 3.8) is 0 Å². The topological polar surface area (TPSA) is 47.6 Å². The minimum absolute atomic E-state index is 0.249. The molecular formula is C17H18BrNO3. The molecule has 1 amide bonds. The van der Waals surface area contributed by atoms with Gasteiger partial charge in [-0.1, -0.05) is 19.1 Å². The zero-order chi connectivity index (χ0) is 16.1. The van der Waals surface area contributed by atoms with Crippen LogP contribution in [0.5, 0.6) is 11.5 Å². The molecule has 1 N–H and O–H groups in total. The summed E-state index contributed by atoms with van der Waals surface area (Å²) in [6, 6.07) is 11.2. The molecule has 0 aliphatic rings. The number of rotatable bonds is 5. The van der Waals surface area contributed by atoms with E-state index in [1.807, 2.05) is 24.3 Å². The van der Waals surface area contributed by atoms with Crippen LogP contribution in [0.3, 0.4) is 0 Å². The predicted molar refractivity (Wildman–Crippen MR) is 91.0 cm³/mol. The van der Waals surface area contributed by atoms with E-state index < -0.39 is 0 Å². The lowest BCUT2D eigenvalue weighted by Crippen LogP contribution is -2.13. The zero-order valence-corrected chi connectivity index (χ0v) is 14.4. The molecule has 5 heteroatoms. The Bertz CT molecular complexity index is 668. The van der Waals surface area contributed by atoms with E-state index in [0.29, 0.717) is 21.5 Å². The van der Waals surface area contributed by atoms with Crippen LogP contribution in [-0.2, 0) is 6.42 Å². The number of amides is 1. The number of carbonyl (C=O) groups excluding carboxylic acids is 1. The predicted octanol–water partition coefficient (Wildman–Crippen LogP) is 4.28. The second kappa shape index (κ2) is 7.31. The Balaban J connectivity index is 2.29. The maximum atomic E-state index is 12.5. The SMILES string of the molecule is CCc1ccc(NC(=O)c2cc(OC)cc(Br)c2OC)cc1. The number of hydrogen-bond donors (Lipinski definition) is 1. The first-order valence-corrected chi connectivity index (χ1v) is 7.70. The molecule has 4 nitrogen and oxygen atoms in total. The van der Waals surface area contributed by atoms with Crippen LogP contribution in [0.2, 0.25) is 0 Å². The van der Waals surface area contributed by atoms with Crippen LogP contribution in [0.15, 0.2) is 40.9 Å². The molecule has 0 spiro atoms. The van der Waals surface area contributed by atoms with E-state index in [2.05, 4.69) is 28.2 Å². The Labute approximate surface area is 138 Å². The van der Waals surface area contributed by atoms with E-state index in [-0.39, 0.29) is 5.91 Å². The maximum Gasteiger partial charge on any atom is 0.259 e. The third-order valence-corrected chi connectivity index (χ3v) is 3.91. The Hall–Kier alpha value is -2.01. The molecule has 0 saturated heterocycles. The molecule has 0 atom stereocenters. The van der Waals surface area contributed by atoms with Gasteiger partial charge in [0.15, 0.2) is 0 Å². The molecule has 2 aromatic carbocycles. The van der Waals surface area contributed by atoms with Crippen molar-refractivity contribution in [3.8, 4) is 11.5 Å². The normalized spacial score (nSPS) is 10.2. The smallest absolute Gasteiger partial charge is 0.259 e. The molecule has 0 bridgehead atoms. The molecule has 0 unspecified atom stereocenters. The lowest BCUT2D eigenvalue weighted by atomic mass is 10.1. The summed E-state index contributed by atoms with van der Waals surface area (Å²) in [6.07, 6.45) is 0.963. The fourth-order valence-electron chi connectivity index (χ4n) is 2.08. The molecule has 116 valence electrons. The molecule has 0 fully saturated rings. The van der Waals surface area contributed by atoms with Crippen molar-refractivity contribution in [1.29, 1.82) is 0 Å². The Morgan fingerprint density at radius 1 is 1.14 bits per heavy atom. The first-order valence-electron chi connectivity index (χ1n) is 6.90. The van der Waals surface area contributed by atoms with Gasteiger partial charge in [-0.05, 0) is 52.2 Å². The van der Waals surface area contributed by atoms with Crippen LogP contribution < -0.4 is 14.8 Å². The number of benzene rings is 2. The van der Waals surface area contributed by atoms with Crippen molar-refractivity contribution in [2.24, 2.45) is 0 Å². The lowest BCUT2D eigenvalue weighted by Gasteiger charge is -2.13. The van der Waals surface area contributed by atoms with Gasteiger partial charge in [-0.25, -0.2) is 0 Å². The summed E-state index contributed by atoms with van der Waals surface area (Å²) in [6.45, 7) is 2.09. The number of aryl methyl sites for hydroxylation is 1. The van der Waals surface area contributed by atoms with Crippen molar-refractivity contribution >= 4 is 27.5 Å². The fraction of sp³-hybridized carbons (Fsp3) is 0.235. The first-order chi connectivity index (χ1) is 10.6. The fourth-order valence-corrected chi connectivity index (χ4v) is 2.69. The van der Waals surface area contributed by atoms with Crippen LogP contribution in [0.4, 0.5) is 5.69 Å². The number of ether oxygens (including phenoxy) is 2. The van der Waals surface area contributed by atoms with E-state index in [1.54, 1.807) is 19.2 Å². The zero-order valence-electron chi connectivity index (χ0n) is 12.8. The average molecular weight is 364 g/mol. The molecule has 0 saturated carbocycles. The summed E-state index contributed by atoms with van der Waals surface area (Å²) >= 11 is 3.39. The third kappa shape index (κ3) is 3.60. The highest BCUT2D eigenvalue weighted by Gasteiger charge is 2.17. The third-order valence-electron chi connectivity index (χ3n) is 3.32. The number of nitrogens with one attached hydrogen (secondary N) is 1. The van der Waals surface area contributed by atoms with Crippen molar-refractivity contribution in [3.05, 3.63) is 52.0 Å². The molecule has 0 aliphatic heterocycles. The van der Waals surface area contributed by atoms with Gasteiger partial charge in [-0.2, -0.15) is 0 Å². The molecule has 0 heterocycles. The summed E-state index contributed by atoms with van der Waals surface area (Å²) in [5.41, 5.74) is 2.37. The summed E-state index contributed by atoms with van der Waals surface area (Å²) in [5.74, 6) is 0.809. The number of halogens is 1. The van der Waals surface area contributed by atoms with Crippen LogP contribution in [0.1, 0.15) is 22.8 Å². The van der Waals surface area contributed by atoms with Crippen LogP contribution in [0.25, 0.3) is 0 Å². The van der Waals surface area contributed by atoms with E-state index in [0.717, 1.165) is 12.1 Å². The van der Waals surface area contributed by atoms with Gasteiger partial charge in [0.25, 0.3) is 5.91 Å². The number of hydrogen-bond acceptors (Lipinski definition) is 3. The minimum atomic E-state index is -0.249. The van der Waals surface area contributed by atoms with Gasteiger partial charge in [-0.3, -0.25) is 4.79 Å². The van der Waals surface area contributed by atoms with Gasteiger partial charge in [0.1, 0.15) is 11.5 Å². The molecule has 2 aromatic rings. The summed E-state index contributed by atoms with van der Waals surface area (Å²) in [4.78, 5) is 12.5. The van der Waals surface area contributed by atoms with Gasteiger partial charge in [0.05, 0.1) is 24.3 Å². The van der Waals surface area contributed by atoms with Crippen molar-refractivity contribution < 1.29 is 14.3 Å². The number of carbonyl (C=O) groups is 1.